The van der Waals surface area contributed by atoms with E-state index in [0.29, 0.717) is 5.56 Å². The van der Waals surface area contributed by atoms with Gasteiger partial charge in [-0.05, 0) is 43.7 Å². The van der Waals surface area contributed by atoms with Crippen LogP contribution in [-0.4, -0.2) is 46.1 Å². The van der Waals surface area contributed by atoms with Crippen molar-refractivity contribution in [1.82, 2.24) is 25.3 Å². The topological polar surface area (TPSA) is 106 Å². The summed E-state index contributed by atoms with van der Waals surface area (Å²) in [7, 11) is 0. The molecular weight excluding hydrogens is 481 g/mol. The zero-order valence-corrected chi connectivity index (χ0v) is 20.1. The molecule has 3 aromatic heterocycles. The third-order valence-electron chi connectivity index (χ3n) is 6.47. The molecule has 0 amide bonds. The lowest BCUT2D eigenvalue weighted by molar-refractivity contribution is -0.137. The lowest BCUT2D eigenvalue weighted by Crippen LogP contribution is -2.27. The molecule has 0 spiro atoms. The highest BCUT2D eigenvalue weighted by Crippen LogP contribution is 2.35. The molecule has 190 valence electrons. The average Bonchev–Trinajstić information content (AvgIpc) is 3.12. The summed E-state index contributed by atoms with van der Waals surface area (Å²) < 4.78 is 39.8. The van der Waals surface area contributed by atoms with Crippen LogP contribution in [0.15, 0.2) is 48.9 Å². The maximum atomic E-state index is 13.3. The monoisotopic (exact) mass is 506 g/mol. The van der Waals surface area contributed by atoms with Crippen LogP contribution < -0.4 is 15.5 Å². The lowest BCUT2D eigenvalue weighted by Gasteiger charge is -2.23. The van der Waals surface area contributed by atoms with E-state index in [1.54, 1.807) is 0 Å². The molecule has 3 N–H and O–H groups in total. The number of alkyl halides is 3. The minimum absolute atomic E-state index is 0.146. The van der Waals surface area contributed by atoms with Crippen molar-refractivity contribution < 1.29 is 13.2 Å². The summed E-state index contributed by atoms with van der Waals surface area (Å²) in [5.41, 5.74) is 2.31. The number of nitrogens with one attached hydrogen (secondary N) is 3. The zero-order valence-electron chi connectivity index (χ0n) is 20.1. The van der Waals surface area contributed by atoms with E-state index in [4.69, 9.17) is 0 Å². The Labute approximate surface area is 211 Å². The van der Waals surface area contributed by atoms with E-state index in [0.717, 1.165) is 50.4 Å². The van der Waals surface area contributed by atoms with E-state index in [2.05, 4.69) is 59.7 Å². The summed E-state index contributed by atoms with van der Waals surface area (Å²) in [5.74, 6) is 0.262. The van der Waals surface area contributed by atoms with Crippen molar-refractivity contribution >= 4 is 22.7 Å². The van der Waals surface area contributed by atoms with Gasteiger partial charge in [0.05, 0.1) is 29.1 Å². The van der Waals surface area contributed by atoms with Crippen LogP contribution in [0, 0.1) is 11.3 Å². The Bertz CT molecular complexity index is 1430. The van der Waals surface area contributed by atoms with E-state index in [1.165, 1.54) is 18.1 Å². The number of H-pyrrole nitrogens is 1. The van der Waals surface area contributed by atoms with Crippen LogP contribution in [0.5, 0.6) is 0 Å². The third kappa shape index (κ3) is 5.20. The van der Waals surface area contributed by atoms with Crippen molar-refractivity contribution in [3.63, 3.8) is 0 Å². The minimum atomic E-state index is -4.54. The van der Waals surface area contributed by atoms with Crippen LogP contribution in [0.1, 0.15) is 36.1 Å². The number of pyridine rings is 1. The van der Waals surface area contributed by atoms with Crippen LogP contribution in [0.25, 0.3) is 22.3 Å². The molecule has 4 aromatic rings. The van der Waals surface area contributed by atoms with Crippen molar-refractivity contribution in [3.8, 4) is 17.3 Å². The van der Waals surface area contributed by atoms with Crippen LogP contribution in [0.2, 0.25) is 0 Å². The first-order valence-electron chi connectivity index (χ1n) is 12.0. The molecule has 11 heteroatoms. The Hall–Kier alpha value is -4.17. The fraction of sp³-hybridized carbons (Fsp3) is 0.308. The van der Waals surface area contributed by atoms with E-state index in [9.17, 15) is 18.4 Å². The predicted octanol–water partition coefficient (Wildman–Crippen LogP) is 4.88. The van der Waals surface area contributed by atoms with Gasteiger partial charge in [0.15, 0.2) is 0 Å². The Morgan fingerprint density at radius 1 is 1.11 bits per heavy atom. The fourth-order valence-corrected chi connectivity index (χ4v) is 4.45. The van der Waals surface area contributed by atoms with Gasteiger partial charge in [-0.3, -0.25) is 0 Å². The van der Waals surface area contributed by atoms with Gasteiger partial charge in [0.1, 0.15) is 11.7 Å². The van der Waals surface area contributed by atoms with E-state index in [-0.39, 0.29) is 34.3 Å². The molecule has 1 aliphatic rings. The Morgan fingerprint density at radius 3 is 2.68 bits per heavy atom. The number of hydrogen-bond acceptors (Lipinski definition) is 7. The lowest BCUT2D eigenvalue weighted by atomic mass is 10.1. The van der Waals surface area contributed by atoms with Gasteiger partial charge in [-0.2, -0.15) is 18.4 Å². The maximum Gasteiger partial charge on any atom is 0.417 e. The molecular formula is C26H25F3N8. The molecule has 0 saturated carbocycles. The van der Waals surface area contributed by atoms with Gasteiger partial charge in [0.25, 0.3) is 0 Å². The highest BCUT2D eigenvalue weighted by molar-refractivity contribution is 5.94. The van der Waals surface area contributed by atoms with Gasteiger partial charge < -0.3 is 20.5 Å². The summed E-state index contributed by atoms with van der Waals surface area (Å²) in [6.45, 7) is 5.93. The van der Waals surface area contributed by atoms with Gasteiger partial charge in [0.2, 0.25) is 5.95 Å². The number of hydrogen-bond donors (Lipinski definition) is 3. The molecule has 0 bridgehead atoms. The van der Waals surface area contributed by atoms with Gasteiger partial charge in [0, 0.05) is 48.7 Å². The first-order chi connectivity index (χ1) is 17.8. The second kappa shape index (κ2) is 10.1. The molecule has 4 heterocycles. The SMILES string of the molecule is CC(Nc1ncc(C#N)c(-c2c[nH]c3ncc(C(F)(F)F)cc23)n1)c1ccc(N2CCCNCC2)cc1. The summed E-state index contributed by atoms with van der Waals surface area (Å²) >= 11 is 0. The van der Waals surface area contributed by atoms with Gasteiger partial charge in [-0.1, -0.05) is 12.1 Å². The number of aromatic amines is 1. The smallest absolute Gasteiger partial charge is 0.370 e. The highest BCUT2D eigenvalue weighted by Gasteiger charge is 2.31. The summed E-state index contributed by atoms with van der Waals surface area (Å²) in [5, 5.41) is 16.5. The fourth-order valence-electron chi connectivity index (χ4n) is 4.45. The molecule has 5 rings (SSSR count). The number of benzene rings is 1. The van der Waals surface area contributed by atoms with E-state index in [1.807, 2.05) is 13.0 Å². The van der Waals surface area contributed by atoms with E-state index < -0.39 is 11.7 Å². The molecule has 8 nitrogen and oxygen atoms in total. The molecule has 1 fully saturated rings. The molecule has 1 saturated heterocycles. The normalized spacial score (nSPS) is 15.3. The summed E-state index contributed by atoms with van der Waals surface area (Å²) in [6.07, 6.45) is 0.208. The van der Waals surface area contributed by atoms with Crippen molar-refractivity contribution in [3.05, 3.63) is 65.6 Å². The average molecular weight is 507 g/mol. The second-order valence-electron chi connectivity index (χ2n) is 8.94. The van der Waals surface area contributed by atoms with Crippen LogP contribution >= 0.6 is 0 Å². The first kappa shape index (κ1) is 24.5. The number of fused-ring (bicyclic) bond motifs is 1. The minimum Gasteiger partial charge on any atom is -0.370 e. The Balaban J connectivity index is 1.40. The zero-order chi connectivity index (χ0) is 26.0. The van der Waals surface area contributed by atoms with Crippen molar-refractivity contribution in [1.29, 1.82) is 5.26 Å². The number of nitriles is 1. The largest absolute Gasteiger partial charge is 0.417 e. The predicted molar refractivity (Wildman–Crippen MR) is 135 cm³/mol. The Morgan fingerprint density at radius 2 is 1.92 bits per heavy atom. The molecule has 1 atom stereocenters. The number of nitrogens with zero attached hydrogens (tertiary/aromatic N) is 5. The van der Waals surface area contributed by atoms with Gasteiger partial charge in [-0.25, -0.2) is 15.0 Å². The highest BCUT2D eigenvalue weighted by atomic mass is 19.4. The molecule has 1 unspecified atom stereocenters. The maximum absolute atomic E-state index is 13.3. The number of halogens is 3. The molecule has 37 heavy (non-hydrogen) atoms. The molecule has 1 aliphatic heterocycles. The van der Waals surface area contributed by atoms with Gasteiger partial charge in [-0.15, -0.1) is 0 Å². The van der Waals surface area contributed by atoms with Gasteiger partial charge >= 0.3 is 6.18 Å². The van der Waals surface area contributed by atoms with Crippen molar-refractivity contribution in [2.24, 2.45) is 0 Å². The number of anilines is 2. The van der Waals surface area contributed by atoms with Crippen LogP contribution in [0.3, 0.4) is 0 Å². The van der Waals surface area contributed by atoms with Crippen molar-refractivity contribution in [2.75, 3.05) is 36.4 Å². The van der Waals surface area contributed by atoms with E-state index >= 15 is 0 Å². The molecule has 1 aromatic carbocycles. The second-order valence-corrected chi connectivity index (χ2v) is 8.94. The number of rotatable bonds is 5. The standard InChI is InChI=1S/C26H25F3N8/c1-16(17-3-5-20(6-4-17)37-9-2-7-31-8-10-37)35-25-34-13-18(12-30)23(36-25)22-15-33-24-21(22)11-19(14-32-24)26(27,28)29/h3-6,11,13-16,31H,2,7-10H2,1H3,(H,32,33)(H,34,35,36). The summed E-state index contributed by atoms with van der Waals surface area (Å²) in [6, 6.07) is 11.2. The van der Waals surface area contributed by atoms with Crippen LogP contribution in [-0.2, 0) is 6.18 Å². The van der Waals surface area contributed by atoms with Crippen LogP contribution in [0.4, 0.5) is 24.8 Å². The van der Waals surface area contributed by atoms with Crippen molar-refractivity contribution in [2.45, 2.75) is 25.6 Å². The molecule has 0 radical (unpaired) electrons. The first-order valence-corrected chi connectivity index (χ1v) is 12.0. The summed E-state index contributed by atoms with van der Waals surface area (Å²) in [4.78, 5) is 17.9. The Kier molecular flexibility index (Phi) is 6.67. The number of aromatic nitrogens is 4. The quantitative estimate of drug-likeness (QED) is 0.354. The third-order valence-corrected chi connectivity index (χ3v) is 6.47. The molecule has 0 aliphatic carbocycles.